The maximum atomic E-state index is 12.1. The highest BCUT2D eigenvalue weighted by atomic mass is 127. The van der Waals surface area contributed by atoms with Crippen LogP contribution in [0.5, 0.6) is 0 Å². The molecule has 0 aliphatic carbocycles. The number of aliphatic hydroxyl groups excluding tert-OH is 1. The minimum atomic E-state index is -0.406. The van der Waals surface area contributed by atoms with Crippen molar-refractivity contribution in [1.29, 1.82) is 0 Å². The summed E-state index contributed by atoms with van der Waals surface area (Å²) in [6.07, 6.45) is 0.531. The monoisotopic (exact) mass is 411 g/mol. The maximum absolute atomic E-state index is 12.1. The summed E-state index contributed by atoms with van der Waals surface area (Å²) >= 11 is 5.49. The molecule has 0 heterocycles. The molecule has 0 aromatic heterocycles. The molecule has 0 aliphatic heterocycles. The van der Waals surface area contributed by atoms with Crippen molar-refractivity contribution in [2.45, 2.75) is 25.8 Å². The largest absolute Gasteiger partial charge is 0.396 e. The van der Waals surface area contributed by atoms with Gasteiger partial charge in [0.1, 0.15) is 0 Å². The van der Waals surface area contributed by atoms with Crippen LogP contribution in [0.1, 0.15) is 30.6 Å². The summed E-state index contributed by atoms with van der Waals surface area (Å²) in [6.45, 7) is 3.85. The van der Waals surface area contributed by atoms with E-state index < -0.39 is 5.54 Å². The first-order valence-corrected chi connectivity index (χ1v) is 7.11. The Morgan fingerprint density at radius 1 is 1.53 bits per heavy atom. The maximum Gasteiger partial charge on any atom is 0.252 e. The first-order chi connectivity index (χ1) is 7.85. The number of aliphatic hydroxyl groups is 1. The van der Waals surface area contributed by atoms with E-state index in [1.807, 2.05) is 26.0 Å². The summed E-state index contributed by atoms with van der Waals surface area (Å²) in [7, 11) is 0. The summed E-state index contributed by atoms with van der Waals surface area (Å²) < 4.78 is 1.78. The molecule has 0 spiro atoms. The zero-order valence-corrected chi connectivity index (χ0v) is 13.5. The third-order valence-electron chi connectivity index (χ3n) is 2.36. The number of amides is 1. The summed E-state index contributed by atoms with van der Waals surface area (Å²) in [6, 6.07) is 5.59. The van der Waals surface area contributed by atoms with E-state index in [2.05, 4.69) is 43.8 Å². The quantitative estimate of drug-likeness (QED) is 0.748. The van der Waals surface area contributed by atoms with E-state index in [-0.39, 0.29) is 12.5 Å². The van der Waals surface area contributed by atoms with Gasteiger partial charge >= 0.3 is 0 Å². The van der Waals surface area contributed by atoms with Crippen LogP contribution < -0.4 is 5.32 Å². The van der Waals surface area contributed by atoms with E-state index in [1.165, 1.54) is 0 Å². The number of hydrogen-bond donors (Lipinski definition) is 2. The molecule has 0 unspecified atom stereocenters. The fourth-order valence-electron chi connectivity index (χ4n) is 1.39. The van der Waals surface area contributed by atoms with Gasteiger partial charge in [-0.3, -0.25) is 4.79 Å². The van der Waals surface area contributed by atoms with Crippen LogP contribution in [0, 0.1) is 3.57 Å². The summed E-state index contributed by atoms with van der Waals surface area (Å²) in [5.74, 6) is -0.117. The topological polar surface area (TPSA) is 49.3 Å². The number of carbonyl (C=O) groups is 1. The smallest absolute Gasteiger partial charge is 0.252 e. The SMILES string of the molecule is CC(C)(CCO)NC(=O)c1cc(Br)ccc1I. The Labute approximate surface area is 123 Å². The lowest BCUT2D eigenvalue weighted by molar-refractivity contribution is 0.0898. The molecule has 3 nitrogen and oxygen atoms in total. The van der Waals surface area contributed by atoms with Crippen LogP contribution in [-0.4, -0.2) is 23.2 Å². The van der Waals surface area contributed by atoms with Crippen molar-refractivity contribution in [2.75, 3.05) is 6.61 Å². The van der Waals surface area contributed by atoms with Gasteiger partial charge in [-0.2, -0.15) is 0 Å². The molecule has 1 amide bonds. The Morgan fingerprint density at radius 3 is 2.76 bits per heavy atom. The van der Waals surface area contributed by atoms with Crippen LogP contribution in [0.2, 0.25) is 0 Å². The average molecular weight is 412 g/mol. The Bertz CT molecular complexity index is 421. The average Bonchev–Trinajstić information content (AvgIpc) is 2.20. The normalized spacial score (nSPS) is 11.4. The molecule has 2 N–H and O–H groups in total. The van der Waals surface area contributed by atoms with Crippen LogP contribution in [0.15, 0.2) is 22.7 Å². The number of nitrogens with one attached hydrogen (secondary N) is 1. The summed E-state index contributed by atoms with van der Waals surface area (Å²) in [4.78, 5) is 12.1. The van der Waals surface area contributed by atoms with Gasteiger partial charge in [0.2, 0.25) is 0 Å². The highest BCUT2D eigenvalue weighted by Gasteiger charge is 2.21. The lowest BCUT2D eigenvalue weighted by atomic mass is 10.0. The number of hydrogen-bond acceptors (Lipinski definition) is 2. The van der Waals surface area contributed by atoms with Gasteiger partial charge in [0.05, 0.1) is 5.56 Å². The van der Waals surface area contributed by atoms with Gasteiger partial charge in [0.25, 0.3) is 5.91 Å². The number of rotatable bonds is 4. The van der Waals surface area contributed by atoms with E-state index >= 15 is 0 Å². The predicted molar refractivity (Wildman–Crippen MR) is 80.1 cm³/mol. The third kappa shape index (κ3) is 4.56. The molecule has 0 saturated heterocycles. The first-order valence-electron chi connectivity index (χ1n) is 5.24. The highest BCUT2D eigenvalue weighted by molar-refractivity contribution is 14.1. The fraction of sp³-hybridized carbons (Fsp3) is 0.417. The Hall–Kier alpha value is -0.140. The second-order valence-corrected chi connectivity index (χ2v) is 6.51. The Morgan fingerprint density at radius 2 is 2.18 bits per heavy atom. The molecule has 0 saturated carbocycles. The van der Waals surface area contributed by atoms with Gasteiger partial charge in [-0.15, -0.1) is 0 Å². The molecule has 0 bridgehead atoms. The standard InChI is InChI=1S/C12H15BrINO2/c1-12(2,5-6-16)15-11(17)9-7-8(13)3-4-10(9)14/h3-4,7,16H,5-6H2,1-2H3,(H,15,17). The van der Waals surface area contributed by atoms with E-state index in [0.29, 0.717) is 12.0 Å². The van der Waals surface area contributed by atoms with Gasteiger partial charge in [-0.1, -0.05) is 15.9 Å². The van der Waals surface area contributed by atoms with E-state index in [1.54, 1.807) is 6.07 Å². The van der Waals surface area contributed by atoms with Gasteiger partial charge in [-0.25, -0.2) is 0 Å². The number of benzene rings is 1. The van der Waals surface area contributed by atoms with Crippen LogP contribution in [-0.2, 0) is 0 Å². The van der Waals surface area contributed by atoms with Crippen LogP contribution in [0.25, 0.3) is 0 Å². The zero-order valence-electron chi connectivity index (χ0n) is 9.76. The summed E-state index contributed by atoms with van der Waals surface area (Å²) in [5, 5.41) is 11.8. The molecule has 94 valence electrons. The molecule has 0 fully saturated rings. The lowest BCUT2D eigenvalue weighted by Gasteiger charge is -2.25. The highest BCUT2D eigenvalue weighted by Crippen LogP contribution is 2.19. The fourth-order valence-corrected chi connectivity index (χ4v) is 2.33. The van der Waals surface area contributed by atoms with Crippen molar-refractivity contribution in [2.24, 2.45) is 0 Å². The second kappa shape index (κ2) is 6.15. The van der Waals surface area contributed by atoms with Crippen LogP contribution in [0.4, 0.5) is 0 Å². The van der Waals surface area contributed by atoms with Crippen molar-refractivity contribution < 1.29 is 9.90 Å². The van der Waals surface area contributed by atoms with E-state index in [9.17, 15) is 4.79 Å². The lowest BCUT2D eigenvalue weighted by Crippen LogP contribution is -2.44. The molecule has 0 aliphatic rings. The molecule has 1 rings (SSSR count). The first kappa shape index (κ1) is 14.9. The molecule has 1 aromatic rings. The van der Waals surface area contributed by atoms with E-state index in [0.717, 1.165) is 8.04 Å². The van der Waals surface area contributed by atoms with Gasteiger partial charge in [-0.05, 0) is 61.1 Å². The molecule has 17 heavy (non-hydrogen) atoms. The van der Waals surface area contributed by atoms with E-state index in [4.69, 9.17) is 5.11 Å². The second-order valence-electron chi connectivity index (χ2n) is 4.44. The van der Waals surface area contributed by atoms with Crippen molar-refractivity contribution in [1.82, 2.24) is 5.32 Å². The number of halogens is 2. The van der Waals surface area contributed by atoms with Crippen molar-refractivity contribution in [3.05, 3.63) is 31.8 Å². The van der Waals surface area contributed by atoms with Crippen LogP contribution in [0.3, 0.4) is 0 Å². The third-order valence-corrected chi connectivity index (χ3v) is 3.80. The molecule has 1 aromatic carbocycles. The van der Waals surface area contributed by atoms with Crippen molar-refractivity contribution in [3.63, 3.8) is 0 Å². The van der Waals surface area contributed by atoms with Gasteiger partial charge in [0.15, 0.2) is 0 Å². The van der Waals surface area contributed by atoms with Crippen LogP contribution >= 0.6 is 38.5 Å². The molecule has 5 heteroatoms. The van der Waals surface area contributed by atoms with Crippen molar-refractivity contribution in [3.8, 4) is 0 Å². The van der Waals surface area contributed by atoms with Crippen molar-refractivity contribution >= 4 is 44.4 Å². The molecular formula is C12H15BrINO2. The molecule has 0 radical (unpaired) electrons. The minimum Gasteiger partial charge on any atom is -0.396 e. The molecule has 0 atom stereocenters. The number of carbonyl (C=O) groups excluding carboxylic acids is 1. The zero-order chi connectivity index (χ0) is 13.1. The van der Waals surface area contributed by atoms with Gasteiger partial charge in [0, 0.05) is 20.2 Å². The predicted octanol–water partition coefficient (Wildman–Crippen LogP) is 2.94. The molecular weight excluding hydrogens is 397 g/mol. The minimum absolute atomic E-state index is 0.0584. The Kier molecular flexibility index (Phi) is 5.40. The Balaban J connectivity index is 2.86. The van der Waals surface area contributed by atoms with Gasteiger partial charge < -0.3 is 10.4 Å². The summed E-state index contributed by atoms with van der Waals surface area (Å²) in [5.41, 5.74) is 0.239.